The first-order chi connectivity index (χ1) is 8.83. The molecule has 1 unspecified atom stereocenters. The Morgan fingerprint density at radius 1 is 0.944 bits per heavy atom. The van der Waals surface area contributed by atoms with E-state index in [1.165, 1.54) is 0 Å². The van der Waals surface area contributed by atoms with Crippen molar-refractivity contribution in [1.82, 2.24) is 0 Å². The van der Waals surface area contributed by atoms with Crippen molar-refractivity contribution in [1.29, 1.82) is 0 Å². The zero-order valence-electron chi connectivity index (χ0n) is 10.6. The van der Waals surface area contributed by atoms with E-state index in [9.17, 15) is 4.39 Å². The van der Waals surface area contributed by atoms with Crippen molar-refractivity contribution in [3.05, 3.63) is 66.2 Å². The van der Waals surface area contributed by atoms with Gasteiger partial charge in [-0.15, -0.1) is 0 Å². The van der Waals surface area contributed by atoms with Crippen LogP contribution in [0.4, 0.5) is 10.1 Å². The number of rotatable bonds is 5. The zero-order chi connectivity index (χ0) is 12.8. The summed E-state index contributed by atoms with van der Waals surface area (Å²) in [4.78, 5) is 1.80. The second-order valence-corrected chi connectivity index (χ2v) is 4.28. The van der Waals surface area contributed by atoms with Crippen LogP contribution in [0.15, 0.2) is 60.7 Å². The minimum Gasteiger partial charge on any atom is -0.338 e. The predicted molar refractivity (Wildman–Crippen MR) is 74.4 cm³/mol. The number of nitrogens with zero attached hydrogens (tertiary/aromatic N) is 1. The first kappa shape index (κ1) is 12.6. The molecule has 1 atom stereocenters. The summed E-state index contributed by atoms with van der Waals surface area (Å²) in [5.41, 5.74) is 1.63. The van der Waals surface area contributed by atoms with Crippen molar-refractivity contribution in [3.63, 3.8) is 0 Å². The van der Waals surface area contributed by atoms with E-state index in [-0.39, 0.29) is 0 Å². The van der Waals surface area contributed by atoms with Crippen molar-refractivity contribution in [3.8, 4) is 0 Å². The topological polar surface area (TPSA) is 3.24 Å². The maximum absolute atomic E-state index is 14.6. The van der Waals surface area contributed by atoms with Crippen LogP contribution in [0.1, 0.15) is 25.2 Å². The summed E-state index contributed by atoms with van der Waals surface area (Å²) < 4.78 is 14.6. The molecule has 0 fully saturated rings. The molecule has 0 radical (unpaired) electrons. The molecular weight excluding hydrogens is 225 g/mol. The van der Waals surface area contributed by atoms with E-state index >= 15 is 0 Å². The second kappa shape index (κ2) is 6.20. The summed E-state index contributed by atoms with van der Waals surface area (Å²) in [6, 6.07) is 19.0. The van der Waals surface area contributed by atoms with E-state index in [0.29, 0.717) is 12.1 Å². The third kappa shape index (κ3) is 2.89. The Morgan fingerprint density at radius 2 is 1.50 bits per heavy atom. The lowest BCUT2D eigenvalue weighted by Gasteiger charge is -2.28. The van der Waals surface area contributed by atoms with Crippen LogP contribution in [-0.4, -0.2) is 6.54 Å². The lowest BCUT2D eigenvalue weighted by molar-refractivity contribution is 0.326. The quantitative estimate of drug-likeness (QED) is 0.695. The maximum atomic E-state index is 14.6. The van der Waals surface area contributed by atoms with Crippen LogP contribution in [-0.2, 0) is 0 Å². The van der Waals surface area contributed by atoms with Gasteiger partial charge in [-0.25, -0.2) is 4.39 Å². The monoisotopic (exact) mass is 243 g/mol. The molecule has 0 saturated carbocycles. The lowest BCUT2D eigenvalue weighted by Crippen LogP contribution is -2.26. The molecular formula is C16H18FN. The van der Waals surface area contributed by atoms with E-state index in [4.69, 9.17) is 0 Å². The third-order valence-electron chi connectivity index (χ3n) is 2.90. The Kier molecular flexibility index (Phi) is 4.35. The van der Waals surface area contributed by atoms with E-state index in [2.05, 4.69) is 6.92 Å². The van der Waals surface area contributed by atoms with Gasteiger partial charge in [0.05, 0.1) is 0 Å². The van der Waals surface area contributed by atoms with Gasteiger partial charge in [0.25, 0.3) is 0 Å². The van der Waals surface area contributed by atoms with Crippen molar-refractivity contribution in [2.24, 2.45) is 0 Å². The summed E-state index contributed by atoms with van der Waals surface area (Å²) >= 11 is 0. The summed E-state index contributed by atoms with van der Waals surface area (Å²) in [5, 5.41) is 0. The zero-order valence-corrected chi connectivity index (χ0v) is 10.6. The van der Waals surface area contributed by atoms with Crippen LogP contribution in [0.25, 0.3) is 0 Å². The van der Waals surface area contributed by atoms with Crippen LogP contribution in [0.2, 0.25) is 0 Å². The SMILES string of the molecule is CCCN(c1ccccc1)C(F)c1ccccc1. The van der Waals surface area contributed by atoms with Crippen molar-refractivity contribution < 1.29 is 4.39 Å². The number of alkyl halides is 1. The largest absolute Gasteiger partial charge is 0.338 e. The van der Waals surface area contributed by atoms with Crippen LogP contribution in [0.3, 0.4) is 0 Å². The molecule has 1 nitrogen and oxygen atoms in total. The molecule has 0 heterocycles. The smallest absolute Gasteiger partial charge is 0.198 e. The molecule has 94 valence electrons. The molecule has 0 aliphatic heterocycles. The van der Waals surface area contributed by atoms with Gasteiger partial charge in [0.1, 0.15) is 0 Å². The highest BCUT2D eigenvalue weighted by Crippen LogP contribution is 2.28. The van der Waals surface area contributed by atoms with Gasteiger partial charge in [-0.05, 0) is 18.6 Å². The minimum atomic E-state index is -1.09. The van der Waals surface area contributed by atoms with E-state index in [0.717, 1.165) is 12.1 Å². The molecule has 0 saturated heterocycles. The Balaban J connectivity index is 2.26. The fourth-order valence-electron chi connectivity index (χ4n) is 2.03. The lowest BCUT2D eigenvalue weighted by atomic mass is 10.1. The molecule has 2 aromatic rings. The maximum Gasteiger partial charge on any atom is 0.198 e. The fourth-order valence-corrected chi connectivity index (χ4v) is 2.03. The molecule has 2 heteroatoms. The van der Waals surface area contributed by atoms with Gasteiger partial charge in [0, 0.05) is 17.8 Å². The van der Waals surface area contributed by atoms with Crippen LogP contribution in [0.5, 0.6) is 0 Å². The molecule has 0 bridgehead atoms. The number of hydrogen-bond acceptors (Lipinski definition) is 1. The van der Waals surface area contributed by atoms with Crippen molar-refractivity contribution in [2.45, 2.75) is 19.6 Å². The molecule has 18 heavy (non-hydrogen) atoms. The Labute approximate surface area is 108 Å². The Morgan fingerprint density at radius 3 is 2.06 bits per heavy atom. The summed E-state index contributed by atoms with van der Waals surface area (Å²) in [6.07, 6.45) is -0.171. The third-order valence-corrected chi connectivity index (χ3v) is 2.90. The highest BCUT2D eigenvalue weighted by Gasteiger charge is 2.18. The molecule has 0 aliphatic rings. The highest BCUT2D eigenvalue weighted by atomic mass is 19.1. The number of anilines is 1. The molecule has 0 spiro atoms. The minimum absolute atomic E-state index is 0.704. The Hall–Kier alpha value is -1.83. The number of halogens is 1. The van der Waals surface area contributed by atoms with Crippen molar-refractivity contribution >= 4 is 5.69 Å². The first-order valence-electron chi connectivity index (χ1n) is 6.33. The Bertz CT molecular complexity index is 455. The fraction of sp³-hybridized carbons (Fsp3) is 0.250. The molecule has 0 aromatic heterocycles. The van der Waals surface area contributed by atoms with Gasteiger partial charge in [0.2, 0.25) is 0 Å². The van der Waals surface area contributed by atoms with Gasteiger partial charge in [-0.1, -0.05) is 55.5 Å². The summed E-state index contributed by atoms with van der Waals surface area (Å²) in [6.45, 7) is 2.77. The second-order valence-electron chi connectivity index (χ2n) is 4.28. The summed E-state index contributed by atoms with van der Waals surface area (Å²) in [5.74, 6) is 0. The molecule has 2 rings (SSSR count). The predicted octanol–water partition coefficient (Wildman–Crippen LogP) is 4.57. The number of hydrogen-bond donors (Lipinski definition) is 0. The number of benzene rings is 2. The molecule has 2 aromatic carbocycles. The molecule has 0 amide bonds. The molecule has 0 N–H and O–H groups in total. The van der Waals surface area contributed by atoms with Gasteiger partial charge in [0.15, 0.2) is 6.30 Å². The van der Waals surface area contributed by atoms with Crippen LogP contribution < -0.4 is 4.90 Å². The average Bonchev–Trinajstić information content (AvgIpc) is 2.46. The van der Waals surface area contributed by atoms with Crippen molar-refractivity contribution in [2.75, 3.05) is 11.4 Å². The van der Waals surface area contributed by atoms with Gasteiger partial charge < -0.3 is 4.90 Å². The highest BCUT2D eigenvalue weighted by molar-refractivity contribution is 5.47. The normalized spacial score (nSPS) is 12.1. The van der Waals surface area contributed by atoms with Gasteiger partial charge in [-0.2, -0.15) is 0 Å². The van der Waals surface area contributed by atoms with Gasteiger partial charge in [-0.3, -0.25) is 0 Å². The van der Waals surface area contributed by atoms with Gasteiger partial charge >= 0.3 is 0 Å². The number of para-hydroxylation sites is 1. The molecule has 0 aliphatic carbocycles. The van der Waals surface area contributed by atoms with Crippen LogP contribution >= 0.6 is 0 Å². The summed E-state index contributed by atoms with van der Waals surface area (Å²) in [7, 11) is 0. The van der Waals surface area contributed by atoms with E-state index in [1.54, 1.807) is 4.90 Å². The van der Waals surface area contributed by atoms with E-state index in [1.807, 2.05) is 60.7 Å². The standard InChI is InChI=1S/C16H18FN/c1-2-13-18(15-11-7-4-8-12-15)16(17)14-9-5-3-6-10-14/h3-12,16H,2,13H2,1H3. The first-order valence-corrected chi connectivity index (χ1v) is 6.33. The van der Waals surface area contributed by atoms with E-state index < -0.39 is 6.30 Å². The average molecular weight is 243 g/mol. The van der Waals surface area contributed by atoms with Crippen LogP contribution in [0, 0.1) is 0 Å².